The molecule has 8 heteroatoms. The minimum absolute atomic E-state index is 0.0503. The maximum Gasteiger partial charge on any atom is 0.273 e. The number of rotatable bonds is 4. The van der Waals surface area contributed by atoms with E-state index in [1.54, 1.807) is 16.2 Å². The number of benzene rings is 1. The van der Waals surface area contributed by atoms with Crippen molar-refractivity contribution in [2.24, 2.45) is 0 Å². The molecule has 3 aromatic rings. The molecule has 1 aliphatic rings. The largest absolute Gasteiger partial charge is 0.376 e. The molecular formula is C18H20N4O2S2. The number of hydrogen-bond donors (Lipinski definition) is 0. The van der Waals surface area contributed by atoms with Gasteiger partial charge in [-0.2, -0.15) is 0 Å². The molecule has 4 rings (SSSR count). The predicted molar refractivity (Wildman–Crippen MR) is 104 cm³/mol. The van der Waals surface area contributed by atoms with Gasteiger partial charge in [0.05, 0.1) is 28.6 Å². The highest BCUT2D eigenvalue weighted by Crippen LogP contribution is 2.34. The lowest BCUT2D eigenvalue weighted by molar-refractivity contribution is 0.0920. The lowest BCUT2D eigenvalue weighted by Crippen LogP contribution is -2.37. The van der Waals surface area contributed by atoms with Gasteiger partial charge in [-0.25, -0.2) is 4.98 Å². The minimum Gasteiger partial charge on any atom is -0.376 e. The maximum atomic E-state index is 13.2. The number of amides is 1. The Morgan fingerprint density at radius 3 is 2.77 bits per heavy atom. The van der Waals surface area contributed by atoms with Crippen LogP contribution in [0.3, 0.4) is 0 Å². The second-order valence-corrected chi connectivity index (χ2v) is 8.34. The lowest BCUT2D eigenvalue weighted by Gasteiger charge is -2.22. The normalized spacial score (nSPS) is 17.1. The molecule has 0 saturated carbocycles. The zero-order valence-corrected chi connectivity index (χ0v) is 16.6. The summed E-state index contributed by atoms with van der Waals surface area (Å²) < 4.78 is 10.8. The first kappa shape index (κ1) is 17.5. The monoisotopic (exact) mass is 388 g/mol. The molecule has 3 heterocycles. The number of aryl methyl sites for hydroxylation is 3. The number of ether oxygens (including phenoxy) is 1. The number of nitrogens with zero attached hydrogens (tertiary/aromatic N) is 4. The highest BCUT2D eigenvalue weighted by atomic mass is 32.1. The molecule has 6 nitrogen and oxygen atoms in total. The molecule has 1 fully saturated rings. The summed E-state index contributed by atoms with van der Waals surface area (Å²) in [6.45, 7) is 7.20. The van der Waals surface area contributed by atoms with Crippen molar-refractivity contribution in [1.29, 1.82) is 0 Å². The Labute approximate surface area is 160 Å². The van der Waals surface area contributed by atoms with Crippen LogP contribution in [0.4, 0.5) is 5.13 Å². The van der Waals surface area contributed by atoms with Gasteiger partial charge in [0.2, 0.25) is 0 Å². The van der Waals surface area contributed by atoms with Gasteiger partial charge in [0.1, 0.15) is 4.88 Å². The number of fused-ring (bicyclic) bond motifs is 1. The first-order chi connectivity index (χ1) is 12.5. The van der Waals surface area contributed by atoms with Crippen LogP contribution in [-0.2, 0) is 4.74 Å². The number of anilines is 1. The molecule has 26 heavy (non-hydrogen) atoms. The minimum atomic E-state index is -0.0950. The van der Waals surface area contributed by atoms with E-state index in [4.69, 9.17) is 9.72 Å². The van der Waals surface area contributed by atoms with Gasteiger partial charge < -0.3 is 4.74 Å². The predicted octanol–water partition coefficient (Wildman–Crippen LogP) is 3.90. The lowest BCUT2D eigenvalue weighted by atomic mass is 10.1. The van der Waals surface area contributed by atoms with Crippen LogP contribution in [0, 0.1) is 20.8 Å². The summed E-state index contributed by atoms with van der Waals surface area (Å²) in [7, 11) is 0. The van der Waals surface area contributed by atoms with Crippen molar-refractivity contribution in [2.45, 2.75) is 39.7 Å². The zero-order chi connectivity index (χ0) is 18.3. The first-order valence-electron chi connectivity index (χ1n) is 8.63. The van der Waals surface area contributed by atoms with Gasteiger partial charge in [0, 0.05) is 6.61 Å². The summed E-state index contributed by atoms with van der Waals surface area (Å²) in [6.07, 6.45) is 2.05. The van der Waals surface area contributed by atoms with Crippen LogP contribution in [0.25, 0.3) is 10.2 Å². The van der Waals surface area contributed by atoms with Crippen molar-refractivity contribution in [3.8, 4) is 0 Å². The van der Waals surface area contributed by atoms with E-state index in [-0.39, 0.29) is 12.0 Å². The number of carbonyl (C=O) groups excluding carboxylic acids is 1. The number of hydrogen-bond acceptors (Lipinski definition) is 7. The Morgan fingerprint density at radius 1 is 1.31 bits per heavy atom. The Bertz CT molecular complexity index is 920. The SMILES string of the molecule is Cc1nnsc1C(=O)N(CC1CCCO1)c1nc2c(C)ccc(C)c2s1. The smallest absolute Gasteiger partial charge is 0.273 e. The molecule has 0 radical (unpaired) electrons. The van der Waals surface area contributed by atoms with Crippen molar-refractivity contribution in [1.82, 2.24) is 14.6 Å². The third-order valence-electron chi connectivity index (χ3n) is 4.66. The van der Waals surface area contributed by atoms with Crippen LogP contribution in [0.1, 0.15) is 39.3 Å². The van der Waals surface area contributed by atoms with Crippen molar-refractivity contribution in [3.05, 3.63) is 33.8 Å². The van der Waals surface area contributed by atoms with Crippen LogP contribution in [-0.4, -0.2) is 39.7 Å². The fraction of sp³-hybridized carbons (Fsp3) is 0.444. The highest BCUT2D eigenvalue weighted by molar-refractivity contribution is 7.22. The summed E-state index contributed by atoms with van der Waals surface area (Å²) in [5.41, 5.74) is 3.92. The third kappa shape index (κ3) is 3.13. The Kier molecular flexibility index (Phi) is 4.73. The number of carbonyl (C=O) groups is 1. The molecule has 0 aliphatic carbocycles. The third-order valence-corrected chi connectivity index (χ3v) is 6.69. The second-order valence-electron chi connectivity index (χ2n) is 6.61. The molecule has 0 spiro atoms. The molecule has 1 aliphatic heterocycles. The van der Waals surface area contributed by atoms with E-state index in [1.807, 2.05) is 6.92 Å². The molecule has 1 saturated heterocycles. The Morgan fingerprint density at radius 2 is 2.12 bits per heavy atom. The van der Waals surface area contributed by atoms with Crippen molar-refractivity contribution >= 4 is 44.1 Å². The first-order valence-corrected chi connectivity index (χ1v) is 10.2. The topological polar surface area (TPSA) is 68.2 Å². The van der Waals surface area contributed by atoms with E-state index in [2.05, 4.69) is 35.6 Å². The Hall–Kier alpha value is -1.90. The molecule has 136 valence electrons. The quantitative estimate of drug-likeness (QED) is 0.678. The number of thiazole rings is 1. The van der Waals surface area contributed by atoms with E-state index in [1.165, 1.54) is 5.56 Å². The highest BCUT2D eigenvalue weighted by Gasteiger charge is 2.29. The standard InChI is InChI=1S/C18H20N4O2S2/c1-10-6-7-11(2)15-14(10)19-18(25-15)22(9-13-5-4-8-24-13)17(23)16-12(3)20-21-26-16/h6-7,13H,4-5,8-9H2,1-3H3. The molecule has 1 atom stereocenters. The maximum absolute atomic E-state index is 13.2. The zero-order valence-electron chi connectivity index (χ0n) is 15.0. The molecule has 0 N–H and O–H groups in total. The summed E-state index contributed by atoms with van der Waals surface area (Å²) >= 11 is 2.70. The molecule has 2 aromatic heterocycles. The van der Waals surface area contributed by atoms with Crippen LogP contribution >= 0.6 is 22.9 Å². The summed E-state index contributed by atoms with van der Waals surface area (Å²) in [5.74, 6) is -0.0950. The molecule has 1 unspecified atom stereocenters. The average molecular weight is 389 g/mol. The summed E-state index contributed by atoms with van der Waals surface area (Å²) in [5, 5.41) is 4.70. The average Bonchev–Trinajstić information content (AvgIpc) is 3.36. The van der Waals surface area contributed by atoms with E-state index in [9.17, 15) is 4.79 Å². The van der Waals surface area contributed by atoms with Gasteiger partial charge in [0.25, 0.3) is 5.91 Å². The van der Waals surface area contributed by atoms with Crippen LogP contribution in [0.5, 0.6) is 0 Å². The molecular weight excluding hydrogens is 368 g/mol. The van der Waals surface area contributed by atoms with Crippen molar-refractivity contribution < 1.29 is 9.53 Å². The number of aromatic nitrogens is 3. The molecule has 0 bridgehead atoms. The van der Waals surface area contributed by atoms with E-state index >= 15 is 0 Å². The fourth-order valence-corrected chi connectivity index (χ4v) is 4.88. The summed E-state index contributed by atoms with van der Waals surface area (Å²) in [6, 6.07) is 4.17. The van der Waals surface area contributed by atoms with Gasteiger partial charge in [0.15, 0.2) is 5.13 Å². The summed E-state index contributed by atoms with van der Waals surface area (Å²) in [4.78, 5) is 20.4. The van der Waals surface area contributed by atoms with Gasteiger partial charge in [-0.1, -0.05) is 28.0 Å². The fourth-order valence-electron chi connectivity index (χ4n) is 3.15. The van der Waals surface area contributed by atoms with Gasteiger partial charge >= 0.3 is 0 Å². The second kappa shape index (κ2) is 7.02. The van der Waals surface area contributed by atoms with Crippen molar-refractivity contribution in [3.63, 3.8) is 0 Å². The Balaban J connectivity index is 1.77. The molecule has 1 aromatic carbocycles. The van der Waals surface area contributed by atoms with Gasteiger partial charge in [-0.3, -0.25) is 9.69 Å². The van der Waals surface area contributed by atoms with E-state index < -0.39 is 0 Å². The van der Waals surface area contributed by atoms with Crippen LogP contribution in [0.2, 0.25) is 0 Å². The van der Waals surface area contributed by atoms with E-state index in [0.29, 0.717) is 22.2 Å². The van der Waals surface area contributed by atoms with Crippen molar-refractivity contribution in [2.75, 3.05) is 18.1 Å². The van der Waals surface area contributed by atoms with Crippen LogP contribution < -0.4 is 4.90 Å². The van der Waals surface area contributed by atoms with Gasteiger partial charge in [-0.15, -0.1) is 5.10 Å². The van der Waals surface area contributed by atoms with Gasteiger partial charge in [-0.05, 0) is 56.3 Å². The van der Waals surface area contributed by atoms with Crippen LogP contribution in [0.15, 0.2) is 12.1 Å². The molecule has 1 amide bonds. The van der Waals surface area contributed by atoms with E-state index in [0.717, 1.165) is 46.8 Å².